The summed E-state index contributed by atoms with van der Waals surface area (Å²) in [5.74, 6) is -1.37. The maximum Gasteiger partial charge on any atom is 0.258 e. The van der Waals surface area contributed by atoms with Crippen molar-refractivity contribution < 1.29 is 9.18 Å². The minimum Gasteiger partial charge on any atom is -0.319 e. The topological polar surface area (TPSA) is 42.0 Å². The van der Waals surface area contributed by atoms with Crippen LogP contribution in [0.2, 0.25) is 20.2 Å². The van der Waals surface area contributed by atoms with E-state index in [2.05, 4.69) is 10.3 Å². The van der Waals surface area contributed by atoms with Crippen molar-refractivity contribution in [1.82, 2.24) is 4.98 Å². The fourth-order valence-corrected chi connectivity index (χ4v) is 2.52. The van der Waals surface area contributed by atoms with Crippen molar-refractivity contribution in [2.45, 2.75) is 0 Å². The smallest absolute Gasteiger partial charge is 0.258 e. The molecule has 0 atom stereocenters. The fraction of sp³-hybridized carbons (Fsp3) is 0. The number of halogens is 5. The lowest BCUT2D eigenvalue weighted by Crippen LogP contribution is -2.14. The summed E-state index contributed by atoms with van der Waals surface area (Å²) < 4.78 is 13.1. The number of carbonyl (C=O) groups is 1. The van der Waals surface area contributed by atoms with Crippen molar-refractivity contribution in [1.29, 1.82) is 0 Å². The van der Waals surface area contributed by atoms with Gasteiger partial charge in [0.25, 0.3) is 5.91 Å². The number of anilines is 1. The molecule has 1 aromatic carbocycles. The number of hydrogen-bond acceptors (Lipinski definition) is 2. The van der Waals surface area contributed by atoms with Crippen molar-refractivity contribution in [3.05, 3.63) is 56.0 Å². The third-order valence-electron chi connectivity index (χ3n) is 2.30. The second-order valence-corrected chi connectivity index (χ2v) is 5.30. The Morgan fingerprint density at radius 3 is 2.30 bits per heavy atom. The van der Waals surface area contributed by atoms with Gasteiger partial charge < -0.3 is 5.32 Å². The van der Waals surface area contributed by atoms with Crippen molar-refractivity contribution in [3.8, 4) is 0 Å². The van der Waals surface area contributed by atoms with Gasteiger partial charge in [0.1, 0.15) is 11.0 Å². The standard InChI is InChI=1S/C12H5Cl4FN2O/c13-5-1-8(14)10(9(15)2-5)19-12(20)7-3-6(17)4-18-11(7)16/h1-4H,(H,19,20). The van der Waals surface area contributed by atoms with E-state index in [1.807, 2.05) is 0 Å². The SMILES string of the molecule is O=C(Nc1c(Cl)cc(Cl)cc1Cl)c1cc(F)cnc1Cl. The first kappa shape index (κ1) is 15.3. The van der Waals surface area contributed by atoms with E-state index in [1.54, 1.807) is 0 Å². The van der Waals surface area contributed by atoms with E-state index in [0.717, 1.165) is 12.3 Å². The van der Waals surface area contributed by atoms with Crippen molar-refractivity contribution >= 4 is 58.0 Å². The lowest BCUT2D eigenvalue weighted by molar-refractivity contribution is 0.102. The molecule has 3 nitrogen and oxygen atoms in total. The summed E-state index contributed by atoms with van der Waals surface area (Å²) in [6.45, 7) is 0. The molecule has 0 radical (unpaired) electrons. The quantitative estimate of drug-likeness (QED) is 0.764. The van der Waals surface area contributed by atoms with Gasteiger partial charge in [-0.25, -0.2) is 9.37 Å². The Morgan fingerprint density at radius 1 is 1.10 bits per heavy atom. The van der Waals surface area contributed by atoms with Gasteiger partial charge in [0.05, 0.1) is 27.5 Å². The van der Waals surface area contributed by atoms with Crippen molar-refractivity contribution in [2.24, 2.45) is 0 Å². The number of benzene rings is 1. The molecule has 0 saturated carbocycles. The molecule has 2 rings (SSSR count). The number of nitrogens with one attached hydrogen (secondary N) is 1. The van der Waals surface area contributed by atoms with Crippen LogP contribution in [0.5, 0.6) is 0 Å². The molecule has 8 heteroatoms. The zero-order valence-corrected chi connectivity index (χ0v) is 12.6. The van der Waals surface area contributed by atoms with Crippen LogP contribution in [-0.2, 0) is 0 Å². The first-order valence-electron chi connectivity index (χ1n) is 5.15. The van der Waals surface area contributed by atoms with E-state index in [1.165, 1.54) is 12.1 Å². The molecule has 0 fully saturated rings. The Labute approximate surface area is 133 Å². The summed E-state index contributed by atoms with van der Waals surface area (Å²) in [5.41, 5.74) is 0.0248. The van der Waals surface area contributed by atoms with Gasteiger partial charge in [0.2, 0.25) is 0 Å². The van der Waals surface area contributed by atoms with Crippen LogP contribution in [0.4, 0.5) is 10.1 Å². The first-order chi connectivity index (χ1) is 9.38. The van der Waals surface area contributed by atoms with E-state index in [0.29, 0.717) is 5.02 Å². The number of amides is 1. The maximum absolute atomic E-state index is 13.1. The van der Waals surface area contributed by atoms with Crippen molar-refractivity contribution in [3.63, 3.8) is 0 Å². The number of aromatic nitrogens is 1. The van der Waals surface area contributed by atoms with E-state index < -0.39 is 11.7 Å². The molecule has 0 spiro atoms. The average molecular weight is 354 g/mol. The monoisotopic (exact) mass is 352 g/mol. The summed E-state index contributed by atoms with van der Waals surface area (Å²) >= 11 is 23.4. The molecule has 0 aliphatic rings. The molecule has 1 N–H and O–H groups in total. The van der Waals surface area contributed by atoms with Gasteiger partial charge in [-0.1, -0.05) is 46.4 Å². The predicted molar refractivity (Wildman–Crippen MR) is 78.6 cm³/mol. The molecule has 0 unspecified atom stereocenters. The average Bonchev–Trinajstić information content (AvgIpc) is 2.36. The van der Waals surface area contributed by atoms with Crippen molar-refractivity contribution in [2.75, 3.05) is 5.32 Å². The van der Waals surface area contributed by atoms with Gasteiger partial charge in [0.15, 0.2) is 0 Å². The van der Waals surface area contributed by atoms with Crippen LogP contribution >= 0.6 is 46.4 Å². The Hall–Kier alpha value is -1.07. The molecule has 104 valence electrons. The summed E-state index contributed by atoms with van der Waals surface area (Å²) in [6, 6.07) is 3.79. The lowest BCUT2D eigenvalue weighted by Gasteiger charge is -2.10. The van der Waals surface area contributed by atoms with E-state index in [-0.39, 0.29) is 26.4 Å². The fourth-order valence-electron chi connectivity index (χ4n) is 1.42. The van der Waals surface area contributed by atoms with Gasteiger partial charge >= 0.3 is 0 Å². The van der Waals surface area contributed by atoms with Crippen LogP contribution in [0, 0.1) is 5.82 Å². The van der Waals surface area contributed by atoms with Gasteiger partial charge in [-0.2, -0.15) is 0 Å². The highest BCUT2D eigenvalue weighted by Gasteiger charge is 2.16. The van der Waals surface area contributed by atoms with Crippen LogP contribution in [0.1, 0.15) is 10.4 Å². The second-order valence-electron chi connectivity index (χ2n) is 3.69. The van der Waals surface area contributed by atoms with Crippen LogP contribution in [-0.4, -0.2) is 10.9 Å². The van der Waals surface area contributed by atoms with Gasteiger partial charge in [0, 0.05) is 5.02 Å². The molecule has 0 aliphatic carbocycles. The highest BCUT2D eigenvalue weighted by Crippen LogP contribution is 2.34. The van der Waals surface area contributed by atoms with E-state index in [4.69, 9.17) is 46.4 Å². The Kier molecular flexibility index (Phi) is 4.70. The third kappa shape index (κ3) is 3.33. The summed E-state index contributed by atoms with van der Waals surface area (Å²) in [5, 5.41) is 2.92. The number of rotatable bonds is 2. The summed E-state index contributed by atoms with van der Waals surface area (Å²) in [7, 11) is 0. The Bertz CT molecular complexity index is 670. The van der Waals surface area contributed by atoms with E-state index >= 15 is 0 Å². The van der Waals surface area contributed by atoms with Crippen LogP contribution in [0.3, 0.4) is 0 Å². The molecule has 1 aromatic heterocycles. The highest BCUT2D eigenvalue weighted by molar-refractivity contribution is 6.42. The molecule has 1 amide bonds. The normalized spacial score (nSPS) is 10.4. The second kappa shape index (κ2) is 6.14. The molecular formula is C12H5Cl4FN2O. The molecular weight excluding hydrogens is 349 g/mol. The molecule has 1 heterocycles. The number of carbonyl (C=O) groups excluding carboxylic acids is 1. The molecule has 0 saturated heterocycles. The Balaban J connectivity index is 2.35. The first-order valence-corrected chi connectivity index (χ1v) is 6.66. The largest absolute Gasteiger partial charge is 0.319 e. The highest BCUT2D eigenvalue weighted by atomic mass is 35.5. The van der Waals surface area contributed by atoms with Gasteiger partial charge in [-0.3, -0.25) is 4.79 Å². The van der Waals surface area contributed by atoms with Gasteiger partial charge in [-0.05, 0) is 18.2 Å². The number of pyridine rings is 1. The number of hydrogen-bond donors (Lipinski definition) is 1. The van der Waals surface area contributed by atoms with Crippen LogP contribution in [0.25, 0.3) is 0 Å². The van der Waals surface area contributed by atoms with Crippen LogP contribution in [0.15, 0.2) is 24.4 Å². The lowest BCUT2D eigenvalue weighted by atomic mass is 10.2. The minimum absolute atomic E-state index is 0.131. The zero-order chi connectivity index (χ0) is 14.9. The third-order valence-corrected chi connectivity index (χ3v) is 3.41. The summed E-state index contributed by atoms with van der Waals surface area (Å²) in [4.78, 5) is 15.6. The molecule has 0 bridgehead atoms. The number of nitrogens with zero attached hydrogens (tertiary/aromatic N) is 1. The predicted octanol–water partition coefficient (Wildman–Crippen LogP) is 5.09. The Morgan fingerprint density at radius 2 is 1.70 bits per heavy atom. The molecule has 2 aromatic rings. The summed E-state index contributed by atoms with van der Waals surface area (Å²) in [6.07, 6.45) is 0.904. The maximum atomic E-state index is 13.1. The van der Waals surface area contributed by atoms with Gasteiger partial charge in [-0.15, -0.1) is 0 Å². The molecule has 0 aliphatic heterocycles. The minimum atomic E-state index is -0.687. The zero-order valence-electron chi connectivity index (χ0n) is 9.55. The van der Waals surface area contributed by atoms with E-state index in [9.17, 15) is 9.18 Å². The molecule has 20 heavy (non-hydrogen) atoms. The van der Waals surface area contributed by atoms with Crippen LogP contribution < -0.4 is 5.32 Å².